The van der Waals surface area contributed by atoms with Crippen molar-refractivity contribution in [1.29, 1.82) is 0 Å². The minimum absolute atomic E-state index is 0.0706. The van der Waals surface area contributed by atoms with Crippen LogP contribution in [-0.2, 0) is 9.53 Å². The third-order valence-corrected chi connectivity index (χ3v) is 4.48. The van der Waals surface area contributed by atoms with Gasteiger partial charge < -0.3 is 10.1 Å². The van der Waals surface area contributed by atoms with Gasteiger partial charge in [-0.25, -0.2) is 0 Å². The van der Waals surface area contributed by atoms with Gasteiger partial charge in [-0.1, -0.05) is 26.2 Å². The standard InChI is InChI=1S/C15H27NO2/c1-2-9-15(10-11-16-12-15)14(17)18-13-7-5-3-4-6-8-13/h13,16H,2-12H2,1H3. The second-order valence-corrected chi connectivity index (χ2v) is 5.98. The fourth-order valence-corrected chi connectivity index (χ4v) is 3.35. The molecule has 0 aromatic carbocycles. The number of hydrogen-bond donors (Lipinski definition) is 1. The van der Waals surface area contributed by atoms with E-state index >= 15 is 0 Å². The first kappa shape index (κ1) is 13.9. The Balaban J connectivity index is 1.91. The molecule has 1 saturated carbocycles. The fraction of sp³-hybridized carbons (Fsp3) is 0.933. The molecule has 2 aliphatic rings. The Morgan fingerprint density at radius 3 is 2.56 bits per heavy atom. The average molecular weight is 253 g/mol. The zero-order valence-electron chi connectivity index (χ0n) is 11.7. The van der Waals surface area contributed by atoms with Crippen molar-refractivity contribution in [3.8, 4) is 0 Å². The van der Waals surface area contributed by atoms with Crippen molar-refractivity contribution in [2.24, 2.45) is 5.41 Å². The Morgan fingerprint density at radius 2 is 2.00 bits per heavy atom. The highest BCUT2D eigenvalue weighted by Gasteiger charge is 2.42. The van der Waals surface area contributed by atoms with Gasteiger partial charge in [-0.3, -0.25) is 4.79 Å². The van der Waals surface area contributed by atoms with Crippen molar-refractivity contribution < 1.29 is 9.53 Å². The largest absolute Gasteiger partial charge is 0.462 e. The molecule has 0 bridgehead atoms. The van der Waals surface area contributed by atoms with Gasteiger partial charge in [0.2, 0.25) is 0 Å². The van der Waals surface area contributed by atoms with Crippen molar-refractivity contribution in [3.63, 3.8) is 0 Å². The lowest BCUT2D eigenvalue weighted by molar-refractivity contribution is -0.161. The molecule has 1 heterocycles. The summed E-state index contributed by atoms with van der Waals surface area (Å²) in [6.45, 7) is 3.92. The Bertz CT molecular complexity index is 264. The van der Waals surface area contributed by atoms with Crippen molar-refractivity contribution in [3.05, 3.63) is 0 Å². The summed E-state index contributed by atoms with van der Waals surface area (Å²) in [4.78, 5) is 12.5. The lowest BCUT2D eigenvalue weighted by Gasteiger charge is -2.28. The minimum Gasteiger partial charge on any atom is -0.462 e. The molecule has 18 heavy (non-hydrogen) atoms. The lowest BCUT2D eigenvalue weighted by Crippen LogP contribution is -2.37. The Kier molecular flexibility index (Phi) is 5.04. The van der Waals surface area contributed by atoms with E-state index in [9.17, 15) is 4.79 Å². The van der Waals surface area contributed by atoms with Crippen molar-refractivity contribution in [2.45, 2.75) is 70.8 Å². The van der Waals surface area contributed by atoms with Crippen LogP contribution in [0.25, 0.3) is 0 Å². The van der Waals surface area contributed by atoms with Crippen LogP contribution in [0.2, 0.25) is 0 Å². The van der Waals surface area contributed by atoms with E-state index in [2.05, 4.69) is 12.2 Å². The fourth-order valence-electron chi connectivity index (χ4n) is 3.35. The van der Waals surface area contributed by atoms with E-state index in [1.54, 1.807) is 0 Å². The van der Waals surface area contributed by atoms with Gasteiger partial charge in [0.05, 0.1) is 5.41 Å². The first-order valence-electron chi connectivity index (χ1n) is 7.69. The molecule has 1 saturated heterocycles. The molecule has 1 N–H and O–H groups in total. The summed E-state index contributed by atoms with van der Waals surface area (Å²) in [5.74, 6) is 0.0706. The van der Waals surface area contributed by atoms with Crippen LogP contribution in [-0.4, -0.2) is 25.2 Å². The van der Waals surface area contributed by atoms with E-state index in [-0.39, 0.29) is 17.5 Å². The molecule has 1 aliphatic heterocycles. The van der Waals surface area contributed by atoms with Gasteiger partial charge in [-0.15, -0.1) is 0 Å². The van der Waals surface area contributed by atoms with Crippen molar-refractivity contribution >= 4 is 5.97 Å². The maximum Gasteiger partial charge on any atom is 0.313 e. The summed E-state index contributed by atoms with van der Waals surface area (Å²) >= 11 is 0. The molecular formula is C15H27NO2. The molecule has 3 heteroatoms. The highest BCUT2D eigenvalue weighted by Crippen LogP contribution is 2.34. The summed E-state index contributed by atoms with van der Waals surface area (Å²) in [5.41, 5.74) is -0.221. The summed E-state index contributed by atoms with van der Waals surface area (Å²) in [6, 6.07) is 0. The second kappa shape index (κ2) is 6.55. The molecule has 2 fully saturated rings. The summed E-state index contributed by atoms with van der Waals surface area (Å²) in [6.07, 6.45) is 10.3. The zero-order chi connectivity index (χ0) is 12.8. The van der Waals surface area contributed by atoms with Crippen LogP contribution < -0.4 is 5.32 Å². The van der Waals surface area contributed by atoms with Crippen LogP contribution in [0.5, 0.6) is 0 Å². The molecule has 1 unspecified atom stereocenters. The number of ether oxygens (including phenoxy) is 1. The van der Waals surface area contributed by atoms with E-state index in [0.717, 1.165) is 45.2 Å². The third kappa shape index (κ3) is 3.25. The summed E-state index contributed by atoms with van der Waals surface area (Å²) in [7, 11) is 0. The van der Waals surface area contributed by atoms with Gasteiger partial charge in [0.15, 0.2) is 0 Å². The zero-order valence-corrected chi connectivity index (χ0v) is 11.7. The van der Waals surface area contributed by atoms with Gasteiger partial charge in [0.1, 0.15) is 6.10 Å². The predicted octanol–water partition coefficient (Wildman–Crippen LogP) is 3.03. The number of carbonyl (C=O) groups is 1. The molecule has 0 radical (unpaired) electrons. The average Bonchev–Trinajstić information content (AvgIpc) is 2.69. The van der Waals surface area contributed by atoms with E-state index < -0.39 is 0 Å². The third-order valence-electron chi connectivity index (χ3n) is 4.48. The maximum absolute atomic E-state index is 12.5. The van der Waals surface area contributed by atoms with Gasteiger partial charge in [0, 0.05) is 6.54 Å². The van der Waals surface area contributed by atoms with Crippen LogP contribution in [0.1, 0.15) is 64.7 Å². The Labute approximate surface area is 111 Å². The Morgan fingerprint density at radius 1 is 1.28 bits per heavy atom. The van der Waals surface area contributed by atoms with E-state index in [1.807, 2.05) is 0 Å². The molecule has 1 atom stereocenters. The molecule has 0 amide bonds. The number of nitrogens with one attached hydrogen (secondary N) is 1. The van der Waals surface area contributed by atoms with Gasteiger partial charge >= 0.3 is 5.97 Å². The topological polar surface area (TPSA) is 38.3 Å². The number of carbonyl (C=O) groups excluding carboxylic acids is 1. The van der Waals surface area contributed by atoms with E-state index in [4.69, 9.17) is 4.74 Å². The number of rotatable bonds is 4. The smallest absolute Gasteiger partial charge is 0.313 e. The SMILES string of the molecule is CCCC1(C(=O)OC2CCCCCC2)CCNC1. The predicted molar refractivity (Wildman–Crippen MR) is 72.4 cm³/mol. The van der Waals surface area contributed by atoms with Crippen LogP contribution in [0.4, 0.5) is 0 Å². The second-order valence-electron chi connectivity index (χ2n) is 5.98. The molecule has 3 nitrogen and oxygen atoms in total. The molecule has 0 aromatic heterocycles. The van der Waals surface area contributed by atoms with Crippen LogP contribution >= 0.6 is 0 Å². The molecular weight excluding hydrogens is 226 g/mol. The maximum atomic E-state index is 12.5. The van der Waals surface area contributed by atoms with Gasteiger partial charge in [-0.2, -0.15) is 0 Å². The monoisotopic (exact) mass is 253 g/mol. The number of esters is 1. The highest BCUT2D eigenvalue weighted by molar-refractivity contribution is 5.77. The normalized spacial score (nSPS) is 30.1. The van der Waals surface area contributed by atoms with Crippen LogP contribution in [0, 0.1) is 5.41 Å². The molecule has 1 aliphatic carbocycles. The van der Waals surface area contributed by atoms with Crippen molar-refractivity contribution in [2.75, 3.05) is 13.1 Å². The molecule has 0 aromatic rings. The highest BCUT2D eigenvalue weighted by atomic mass is 16.5. The lowest BCUT2D eigenvalue weighted by atomic mass is 9.82. The molecule has 104 valence electrons. The van der Waals surface area contributed by atoms with Crippen LogP contribution in [0.15, 0.2) is 0 Å². The molecule has 0 spiro atoms. The first-order chi connectivity index (χ1) is 8.77. The van der Waals surface area contributed by atoms with Crippen molar-refractivity contribution in [1.82, 2.24) is 5.32 Å². The van der Waals surface area contributed by atoms with E-state index in [0.29, 0.717) is 0 Å². The Hall–Kier alpha value is -0.570. The quantitative estimate of drug-likeness (QED) is 0.618. The number of hydrogen-bond acceptors (Lipinski definition) is 3. The van der Waals surface area contributed by atoms with Crippen LogP contribution in [0.3, 0.4) is 0 Å². The van der Waals surface area contributed by atoms with Gasteiger partial charge in [0.25, 0.3) is 0 Å². The first-order valence-corrected chi connectivity index (χ1v) is 7.69. The molecule has 2 rings (SSSR count). The summed E-state index contributed by atoms with van der Waals surface area (Å²) < 4.78 is 5.83. The summed E-state index contributed by atoms with van der Waals surface area (Å²) in [5, 5.41) is 3.33. The minimum atomic E-state index is -0.221. The van der Waals surface area contributed by atoms with E-state index in [1.165, 1.54) is 25.7 Å². The van der Waals surface area contributed by atoms with Gasteiger partial charge in [-0.05, 0) is 45.1 Å².